The van der Waals surface area contributed by atoms with E-state index in [1.54, 1.807) is 17.5 Å². The van der Waals surface area contributed by atoms with Gasteiger partial charge in [-0.3, -0.25) is 4.40 Å². The summed E-state index contributed by atoms with van der Waals surface area (Å²) in [7, 11) is 0. The molecule has 2 aromatic rings. The Balaban J connectivity index is 2.88. The van der Waals surface area contributed by atoms with Crippen molar-refractivity contribution in [3.8, 4) is 0 Å². The van der Waals surface area contributed by atoms with Crippen LogP contribution in [0, 0.1) is 6.92 Å². The highest BCUT2D eigenvalue weighted by atomic mass is 79.9. The number of carboxylic acid groups (broad SMARTS) is 1. The molecule has 0 aliphatic carbocycles. The van der Waals surface area contributed by atoms with Crippen LogP contribution in [-0.4, -0.2) is 25.4 Å². The zero-order chi connectivity index (χ0) is 10.3. The van der Waals surface area contributed by atoms with E-state index in [1.807, 2.05) is 0 Å². The fourth-order valence-corrected chi connectivity index (χ4v) is 1.59. The number of carbonyl (C=O) groups is 1. The minimum absolute atomic E-state index is 0.0405. The van der Waals surface area contributed by atoms with E-state index in [4.69, 9.17) is 5.11 Å². The standard InChI is InChI=1S/C8H6BrN3O2/c1-4-6(9)12-3-2-10-5(8(13)14)7(12)11-4/h2-3H,1H3,(H,13,14). The Labute approximate surface area is 87.5 Å². The highest BCUT2D eigenvalue weighted by Crippen LogP contribution is 2.19. The number of aromatic carboxylic acids is 1. The minimum atomic E-state index is -1.08. The largest absolute Gasteiger partial charge is 0.476 e. The van der Waals surface area contributed by atoms with Crippen LogP contribution in [0.3, 0.4) is 0 Å². The van der Waals surface area contributed by atoms with Gasteiger partial charge in [0, 0.05) is 12.4 Å². The number of carboxylic acids is 1. The lowest BCUT2D eigenvalue weighted by Crippen LogP contribution is -2.03. The SMILES string of the molecule is Cc1nc2c(C(=O)O)nccn2c1Br. The lowest BCUT2D eigenvalue weighted by atomic mass is 10.4. The Morgan fingerprint density at radius 2 is 2.36 bits per heavy atom. The van der Waals surface area contributed by atoms with Crippen molar-refractivity contribution in [3.63, 3.8) is 0 Å². The summed E-state index contributed by atoms with van der Waals surface area (Å²) in [4.78, 5) is 18.7. The lowest BCUT2D eigenvalue weighted by molar-refractivity contribution is 0.0692. The topological polar surface area (TPSA) is 67.5 Å². The molecule has 0 bridgehead atoms. The first-order valence-electron chi connectivity index (χ1n) is 3.83. The third kappa shape index (κ3) is 1.19. The van der Waals surface area contributed by atoms with Crippen LogP contribution in [0.5, 0.6) is 0 Å². The van der Waals surface area contributed by atoms with Crippen molar-refractivity contribution >= 4 is 27.5 Å². The van der Waals surface area contributed by atoms with Crippen LogP contribution >= 0.6 is 15.9 Å². The number of rotatable bonds is 1. The Morgan fingerprint density at radius 1 is 1.64 bits per heavy atom. The van der Waals surface area contributed by atoms with Gasteiger partial charge in [0.15, 0.2) is 11.3 Å². The van der Waals surface area contributed by atoms with Gasteiger partial charge in [-0.15, -0.1) is 0 Å². The molecule has 2 heterocycles. The molecule has 0 fully saturated rings. The molecule has 0 aliphatic rings. The fraction of sp³-hybridized carbons (Fsp3) is 0.125. The molecule has 14 heavy (non-hydrogen) atoms. The Kier molecular flexibility index (Phi) is 1.99. The average Bonchev–Trinajstić information content (AvgIpc) is 2.43. The molecular formula is C8H6BrN3O2. The number of halogens is 1. The van der Waals surface area contributed by atoms with Gasteiger partial charge in [0.1, 0.15) is 4.60 Å². The smallest absolute Gasteiger partial charge is 0.358 e. The maximum atomic E-state index is 10.8. The van der Waals surface area contributed by atoms with E-state index >= 15 is 0 Å². The van der Waals surface area contributed by atoms with E-state index in [0.717, 1.165) is 10.3 Å². The number of fused-ring (bicyclic) bond motifs is 1. The molecule has 1 N–H and O–H groups in total. The van der Waals surface area contributed by atoms with Gasteiger partial charge < -0.3 is 5.11 Å². The summed E-state index contributed by atoms with van der Waals surface area (Å²) in [5.74, 6) is -1.08. The quantitative estimate of drug-likeness (QED) is 0.839. The summed E-state index contributed by atoms with van der Waals surface area (Å²) in [5.41, 5.74) is 1.05. The molecule has 0 saturated heterocycles. The van der Waals surface area contributed by atoms with Crippen molar-refractivity contribution in [2.24, 2.45) is 0 Å². The number of nitrogens with zero attached hydrogens (tertiary/aromatic N) is 3. The van der Waals surface area contributed by atoms with E-state index < -0.39 is 5.97 Å². The zero-order valence-corrected chi connectivity index (χ0v) is 8.82. The third-order valence-corrected chi connectivity index (χ3v) is 2.80. The van der Waals surface area contributed by atoms with Crippen molar-refractivity contribution in [1.29, 1.82) is 0 Å². The Hall–Kier alpha value is -1.43. The van der Waals surface area contributed by atoms with E-state index in [2.05, 4.69) is 25.9 Å². The number of aromatic nitrogens is 3. The molecule has 0 spiro atoms. The van der Waals surface area contributed by atoms with Gasteiger partial charge in [0.25, 0.3) is 0 Å². The van der Waals surface area contributed by atoms with Crippen molar-refractivity contribution in [1.82, 2.24) is 14.4 Å². The molecule has 6 heteroatoms. The van der Waals surface area contributed by atoms with Gasteiger partial charge in [-0.25, -0.2) is 14.8 Å². The fourth-order valence-electron chi connectivity index (χ4n) is 1.21. The van der Waals surface area contributed by atoms with Crippen LogP contribution in [-0.2, 0) is 0 Å². The van der Waals surface area contributed by atoms with E-state index in [9.17, 15) is 4.79 Å². The molecule has 0 amide bonds. The second-order valence-electron chi connectivity index (χ2n) is 2.76. The average molecular weight is 256 g/mol. The van der Waals surface area contributed by atoms with Crippen LogP contribution in [0.4, 0.5) is 0 Å². The number of hydrogen-bond acceptors (Lipinski definition) is 3. The van der Waals surface area contributed by atoms with Gasteiger partial charge in [-0.1, -0.05) is 0 Å². The van der Waals surface area contributed by atoms with Crippen molar-refractivity contribution in [3.05, 3.63) is 28.4 Å². The summed E-state index contributed by atoms with van der Waals surface area (Å²) in [6.45, 7) is 1.79. The molecule has 2 aromatic heterocycles. The van der Waals surface area contributed by atoms with Crippen LogP contribution in [0.2, 0.25) is 0 Å². The van der Waals surface area contributed by atoms with Crippen molar-refractivity contribution < 1.29 is 9.90 Å². The van der Waals surface area contributed by atoms with Crippen LogP contribution in [0.15, 0.2) is 17.0 Å². The lowest BCUT2D eigenvalue weighted by Gasteiger charge is -1.96. The first kappa shape index (κ1) is 9.14. The maximum Gasteiger partial charge on any atom is 0.358 e. The zero-order valence-electron chi connectivity index (χ0n) is 7.23. The second kappa shape index (κ2) is 3.06. The van der Waals surface area contributed by atoms with Crippen LogP contribution < -0.4 is 0 Å². The van der Waals surface area contributed by atoms with E-state index in [1.165, 1.54) is 6.20 Å². The third-order valence-electron chi connectivity index (χ3n) is 1.85. The van der Waals surface area contributed by atoms with Crippen molar-refractivity contribution in [2.45, 2.75) is 6.92 Å². The number of imidazole rings is 1. The molecule has 0 aromatic carbocycles. The minimum Gasteiger partial charge on any atom is -0.476 e. The van der Waals surface area contributed by atoms with Gasteiger partial charge in [0.2, 0.25) is 0 Å². The predicted octanol–water partition coefficient (Wildman–Crippen LogP) is 1.50. The number of hydrogen-bond donors (Lipinski definition) is 1. The normalized spacial score (nSPS) is 10.7. The Bertz CT molecular complexity index is 521. The van der Waals surface area contributed by atoms with Crippen molar-refractivity contribution in [2.75, 3.05) is 0 Å². The molecular weight excluding hydrogens is 250 g/mol. The van der Waals surface area contributed by atoms with Crippen LogP contribution in [0.1, 0.15) is 16.2 Å². The predicted molar refractivity (Wildman–Crippen MR) is 52.4 cm³/mol. The van der Waals surface area contributed by atoms with E-state index in [-0.39, 0.29) is 5.69 Å². The summed E-state index contributed by atoms with van der Waals surface area (Å²) in [6, 6.07) is 0. The monoisotopic (exact) mass is 255 g/mol. The summed E-state index contributed by atoms with van der Waals surface area (Å²) < 4.78 is 2.39. The molecule has 0 atom stereocenters. The maximum absolute atomic E-state index is 10.8. The van der Waals surface area contributed by atoms with Gasteiger partial charge >= 0.3 is 5.97 Å². The molecule has 0 radical (unpaired) electrons. The molecule has 2 rings (SSSR count). The second-order valence-corrected chi connectivity index (χ2v) is 3.51. The molecule has 5 nitrogen and oxygen atoms in total. The first-order chi connectivity index (χ1) is 6.61. The summed E-state index contributed by atoms with van der Waals surface area (Å²) >= 11 is 3.31. The van der Waals surface area contributed by atoms with Crippen LogP contribution in [0.25, 0.3) is 5.65 Å². The van der Waals surface area contributed by atoms with Gasteiger partial charge in [0.05, 0.1) is 5.69 Å². The van der Waals surface area contributed by atoms with Gasteiger partial charge in [-0.2, -0.15) is 0 Å². The highest BCUT2D eigenvalue weighted by Gasteiger charge is 2.15. The first-order valence-corrected chi connectivity index (χ1v) is 4.63. The molecule has 72 valence electrons. The Morgan fingerprint density at radius 3 is 3.00 bits per heavy atom. The highest BCUT2D eigenvalue weighted by molar-refractivity contribution is 9.10. The summed E-state index contributed by atoms with van der Waals surface area (Å²) in [6.07, 6.45) is 3.09. The molecule has 0 unspecified atom stereocenters. The molecule has 0 saturated carbocycles. The molecule has 0 aliphatic heterocycles. The summed E-state index contributed by atoms with van der Waals surface area (Å²) in [5, 5.41) is 8.85. The van der Waals surface area contributed by atoms with E-state index in [0.29, 0.717) is 5.65 Å². The number of aryl methyl sites for hydroxylation is 1. The van der Waals surface area contributed by atoms with Gasteiger partial charge in [-0.05, 0) is 22.9 Å².